The van der Waals surface area contributed by atoms with Gasteiger partial charge in [0.15, 0.2) is 5.82 Å². The molecule has 2 rings (SSSR count). The summed E-state index contributed by atoms with van der Waals surface area (Å²) in [6, 6.07) is 6.62. The molecule has 5 heteroatoms. The van der Waals surface area contributed by atoms with Crippen molar-refractivity contribution in [3.63, 3.8) is 0 Å². The van der Waals surface area contributed by atoms with Gasteiger partial charge in [-0.3, -0.25) is 0 Å². The molecule has 2 aromatic rings. The molecule has 0 saturated heterocycles. The van der Waals surface area contributed by atoms with Gasteiger partial charge in [0.05, 0.1) is 6.04 Å². The van der Waals surface area contributed by atoms with Gasteiger partial charge in [0.2, 0.25) is 5.89 Å². The van der Waals surface area contributed by atoms with Crippen molar-refractivity contribution in [3.05, 3.63) is 41.5 Å². The molecular formula is C14H19N3O2. The average Bonchev–Trinajstić information content (AvgIpc) is 2.80. The highest BCUT2D eigenvalue weighted by atomic mass is 16.5. The molecule has 5 nitrogen and oxygen atoms in total. The van der Waals surface area contributed by atoms with Gasteiger partial charge in [0, 0.05) is 6.42 Å². The van der Waals surface area contributed by atoms with Crippen LogP contribution in [0.4, 0.5) is 0 Å². The maximum atomic E-state index is 9.22. The maximum absolute atomic E-state index is 9.22. The molecule has 0 saturated carbocycles. The highest BCUT2D eigenvalue weighted by molar-refractivity contribution is 5.26. The summed E-state index contributed by atoms with van der Waals surface area (Å²) in [5.41, 5.74) is 7.07. The van der Waals surface area contributed by atoms with Crippen molar-refractivity contribution in [2.75, 3.05) is 0 Å². The molecule has 0 aliphatic carbocycles. The lowest BCUT2D eigenvalue weighted by Gasteiger charge is -2.06. The Morgan fingerprint density at radius 1 is 1.21 bits per heavy atom. The van der Waals surface area contributed by atoms with E-state index in [-0.39, 0.29) is 11.8 Å². The van der Waals surface area contributed by atoms with Gasteiger partial charge in [0.1, 0.15) is 5.75 Å². The number of phenols is 1. The highest BCUT2D eigenvalue weighted by Crippen LogP contribution is 2.17. The molecule has 19 heavy (non-hydrogen) atoms. The zero-order chi connectivity index (χ0) is 13.8. The number of benzene rings is 1. The van der Waals surface area contributed by atoms with Crippen LogP contribution in [0.5, 0.6) is 5.75 Å². The van der Waals surface area contributed by atoms with E-state index in [1.807, 2.05) is 12.1 Å². The summed E-state index contributed by atoms with van der Waals surface area (Å²) < 4.78 is 5.19. The van der Waals surface area contributed by atoms with Gasteiger partial charge in [-0.05, 0) is 30.0 Å². The first-order chi connectivity index (χ1) is 9.04. The molecular weight excluding hydrogens is 242 g/mol. The molecule has 102 valence electrons. The number of aromatic nitrogens is 2. The molecule has 0 fully saturated rings. The van der Waals surface area contributed by atoms with Crippen LogP contribution in [-0.4, -0.2) is 15.2 Å². The average molecular weight is 261 g/mol. The van der Waals surface area contributed by atoms with Crippen LogP contribution < -0.4 is 5.73 Å². The Labute approximate surface area is 112 Å². The number of hydrogen-bond donors (Lipinski definition) is 2. The number of hydrogen-bond acceptors (Lipinski definition) is 5. The Hall–Kier alpha value is -1.88. The van der Waals surface area contributed by atoms with Crippen molar-refractivity contribution in [1.29, 1.82) is 0 Å². The van der Waals surface area contributed by atoms with E-state index in [1.54, 1.807) is 12.1 Å². The van der Waals surface area contributed by atoms with Crippen molar-refractivity contribution in [2.45, 2.75) is 32.7 Å². The van der Waals surface area contributed by atoms with E-state index < -0.39 is 0 Å². The summed E-state index contributed by atoms with van der Waals surface area (Å²) in [6.07, 6.45) is 1.39. The van der Waals surface area contributed by atoms with E-state index in [1.165, 1.54) is 0 Å². The topological polar surface area (TPSA) is 85.2 Å². The summed E-state index contributed by atoms with van der Waals surface area (Å²) in [5.74, 6) is 1.89. The van der Waals surface area contributed by atoms with E-state index in [4.69, 9.17) is 10.3 Å². The van der Waals surface area contributed by atoms with Gasteiger partial charge in [-0.25, -0.2) is 0 Å². The minimum atomic E-state index is -0.321. The zero-order valence-corrected chi connectivity index (χ0v) is 11.2. The smallest absolute Gasteiger partial charge is 0.243 e. The van der Waals surface area contributed by atoms with Crippen molar-refractivity contribution in [3.8, 4) is 5.75 Å². The Kier molecular flexibility index (Phi) is 4.16. The first-order valence-electron chi connectivity index (χ1n) is 6.40. The van der Waals surface area contributed by atoms with Gasteiger partial charge < -0.3 is 15.4 Å². The second-order valence-electron chi connectivity index (χ2n) is 5.12. The fourth-order valence-corrected chi connectivity index (χ4v) is 1.84. The first-order valence-corrected chi connectivity index (χ1v) is 6.40. The van der Waals surface area contributed by atoms with Crippen molar-refractivity contribution in [1.82, 2.24) is 10.1 Å². The predicted molar refractivity (Wildman–Crippen MR) is 71.6 cm³/mol. The van der Waals surface area contributed by atoms with E-state index >= 15 is 0 Å². The van der Waals surface area contributed by atoms with Crippen LogP contribution in [0, 0.1) is 5.92 Å². The number of rotatable bonds is 5. The van der Waals surface area contributed by atoms with Crippen LogP contribution in [-0.2, 0) is 12.8 Å². The van der Waals surface area contributed by atoms with Gasteiger partial charge in [-0.1, -0.05) is 31.1 Å². The van der Waals surface area contributed by atoms with E-state index in [9.17, 15) is 5.11 Å². The monoisotopic (exact) mass is 261 g/mol. The van der Waals surface area contributed by atoms with Gasteiger partial charge in [-0.15, -0.1) is 0 Å². The molecule has 0 amide bonds. The number of aromatic hydroxyl groups is 1. The third kappa shape index (κ3) is 3.79. The molecule has 1 heterocycles. The Bertz CT molecular complexity index is 520. The summed E-state index contributed by atoms with van der Waals surface area (Å²) in [6.45, 7) is 4.21. The lowest BCUT2D eigenvalue weighted by molar-refractivity contribution is 0.348. The van der Waals surface area contributed by atoms with E-state index in [0.29, 0.717) is 24.1 Å². The molecule has 0 unspecified atom stereocenters. The van der Waals surface area contributed by atoms with E-state index in [0.717, 1.165) is 12.0 Å². The Morgan fingerprint density at radius 2 is 1.89 bits per heavy atom. The zero-order valence-electron chi connectivity index (χ0n) is 11.2. The summed E-state index contributed by atoms with van der Waals surface area (Å²) in [5, 5.41) is 13.1. The summed E-state index contributed by atoms with van der Waals surface area (Å²) in [7, 11) is 0. The van der Waals surface area contributed by atoms with Crippen LogP contribution in [0.15, 0.2) is 28.8 Å². The highest BCUT2D eigenvalue weighted by Gasteiger charge is 2.15. The number of phenolic OH excluding ortho intramolecular Hbond substituents is 1. The molecule has 1 aromatic carbocycles. The maximum Gasteiger partial charge on any atom is 0.243 e. The fourth-order valence-electron chi connectivity index (χ4n) is 1.84. The molecule has 0 radical (unpaired) electrons. The van der Waals surface area contributed by atoms with Crippen LogP contribution in [0.1, 0.15) is 37.2 Å². The fraction of sp³-hybridized carbons (Fsp3) is 0.429. The molecule has 1 aromatic heterocycles. The standard InChI is InChI=1S/C14H19N3O2/c1-9(2)7-13-16-14(19-17-13)12(15)8-10-3-5-11(18)6-4-10/h3-6,9,12,18H,7-8,15H2,1-2H3/t12-/m0/s1. The molecule has 0 spiro atoms. The van der Waals surface area contributed by atoms with Gasteiger partial charge >= 0.3 is 0 Å². The molecule has 0 aliphatic heterocycles. The Morgan fingerprint density at radius 3 is 2.53 bits per heavy atom. The number of nitrogens with zero attached hydrogens (tertiary/aromatic N) is 2. The van der Waals surface area contributed by atoms with Crippen LogP contribution in [0.2, 0.25) is 0 Å². The Balaban J connectivity index is 2.01. The molecule has 0 bridgehead atoms. The van der Waals surface area contributed by atoms with Crippen molar-refractivity contribution < 1.29 is 9.63 Å². The van der Waals surface area contributed by atoms with Gasteiger partial charge in [-0.2, -0.15) is 4.98 Å². The predicted octanol–water partition coefficient (Wildman–Crippen LogP) is 2.22. The number of nitrogens with two attached hydrogens (primary N) is 1. The minimum absolute atomic E-state index is 0.245. The SMILES string of the molecule is CC(C)Cc1noc([C@@H](N)Cc2ccc(O)cc2)n1. The third-order valence-electron chi connectivity index (χ3n) is 2.78. The summed E-state index contributed by atoms with van der Waals surface area (Å²) >= 11 is 0. The lowest BCUT2D eigenvalue weighted by Crippen LogP contribution is -2.14. The van der Waals surface area contributed by atoms with Crippen LogP contribution >= 0.6 is 0 Å². The second-order valence-corrected chi connectivity index (χ2v) is 5.12. The normalized spacial score (nSPS) is 12.8. The third-order valence-corrected chi connectivity index (χ3v) is 2.78. The van der Waals surface area contributed by atoms with Crippen LogP contribution in [0.3, 0.4) is 0 Å². The van der Waals surface area contributed by atoms with E-state index in [2.05, 4.69) is 24.0 Å². The largest absolute Gasteiger partial charge is 0.508 e. The second kappa shape index (κ2) is 5.84. The van der Waals surface area contributed by atoms with Crippen molar-refractivity contribution in [2.24, 2.45) is 11.7 Å². The molecule has 3 N–H and O–H groups in total. The quantitative estimate of drug-likeness (QED) is 0.862. The minimum Gasteiger partial charge on any atom is -0.508 e. The molecule has 0 aliphatic rings. The van der Waals surface area contributed by atoms with Crippen molar-refractivity contribution >= 4 is 0 Å². The molecule has 1 atom stereocenters. The first kappa shape index (κ1) is 13.5. The van der Waals surface area contributed by atoms with Gasteiger partial charge in [0.25, 0.3) is 0 Å². The summed E-state index contributed by atoms with van der Waals surface area (Å²) in [4.78, 5) is 4.31. The van der Waals surface area contributed by atoms with Crippen LogP contribution in [0.25, 0.3) is 0 Å². The lowest BCUT2D eigenvalue weighted by atomic mass is 10.1.